The molecule has 13 heavy (non-hydrogen) atoms. The average Bonchev–Trinajstić information content (AvgIpc) is 2.19. The molecule has 1 heterocycles. The average molecular weight is 181 g/mol. The van der Waals surface area contributed by atoms with E-state index in [9.17, 15) is 0 Å². The molecular formula is C11H19NO. The summed E-state index contributed by atoms with van der Waals surface area (Å²) in [6.45, 7) is 3.73. The third-order valence-corrected chi connectivity index (χ3v) is 2.43. The molecule has 2 nitrogen and oxygen atoms in total. The molecule has 1 aliphatic rings. The van der Waals surface area contributed by atoms with Gasteiger partial charge in [-0.15, -0.1) is 5.92 Å². The van der Waals surface area contributed by atoms with Crippen LogP contribution in [0.15, 0.2) is 0 Å². The van der Waals surface area contributed by atoms with Crippen molar-refractivity contribution in [2.75, 3.05) is 26.2 Å². The first-order valence-electron chi connectivity index (χ1n) is 5.22. The highest BCUT2D eigenvalue weighted by molar-refractivity contribution is 4.98. The van der Waals surface area contributed by atoms with E-state index in [0.29, 0.717) is 0 Å². The van der Waals surface area contributed by atoms with Gasteiger partial charge in [0.1, 0.15) is 6.61 Å². The maximum absolute atomic E-state index is 8.43. The van der Waals surface area contributed by atoms with E-state index in [-0.39, 0.29) is 6.61 Å². The lowest BCUT2D eigenvalue weighted by Crippen LogP contribution is -2.30. The molecular weight excluding hydrogens is 162 g/mol. The molecule has 0 aromatic heterocycles. The van der Waals surface area contributed by atoms with Gasteiger partial charge in [0, 0.05) is 6.42 Å². The van der Waals surface area contributed by atoms with Crippen molar-refractivity contribution < 1.29 is 5.11 Å². The van der Waals surface area contributed by atoms with Crippen LogP contribution in [0.3, 0.4) is 0 Å². The quantitative estimate of drug-likeness (QED) is 0.523. The summed E-state index contributed by atoms with van der Waals surface area (Å²) < 4.78 is 0. The van der Waals surface area contributed by atoms with Crippen molar-refractivity contribution in [3.8, 4) is 11.8 Å². The summed E-state index contributed by atoms with van der Waals surface area (Å²) in [6, 6.07) is 0. The molecule has 74 valence electrons. The van der Waals surface area contributed by atoms with Crippen molar-refractivity contribution in [3.05, 3.63) is 0 Å². The van der Waals surface area contributed by atoms with E-state index in [4.69, 9.17) is 5.11 Å². The molecule has 0 aromatic rings. The molecule has 1 aliphatic heterocycles. The Labute approximate surface area is 80.9 Å². The SMILES string of the molecule is OCC#CCCCN1CCCCC1. The van der Waals surface area contributed by atoms with Crippen LogP contribution in [-0.4, -0.2) is 36.2 Å². The third kappa shape index (κ3) is 4.92. The maximum atomic E-state index is 8.43. The molecule has 0 bridgehead atoms. The molecule has 0 radical (unpaired) electrons. The van der Waals surface area contributed by atoms with Crippen molar-refractivity contribution in [1.29, 1.82) is 0 Å². The van der Waals surface area contributed by atoms with Crippen LogP contribution in [0.2, 0.25) is 0 Å². The van der Waals surface area contributed by atoms with Crippen LogP contribution in [0, 0.1) is 11.8 Å². The second-order valence-electron chi connectivity index (χ2n) is 3.52. The Balaban J connectivity index is 1.98. The molecule has 1 fully saturated rings. The van der Waals surface area contributed by atoms with Gasteiger partial charge in [-0.05, 0) is 38.9 Å². The molecule has 2 heteroatoms. The third-order valence-electron chi connectivity index (χ3n) is 2.43. The normalized spacial score (nSPS) is 17.9. The standard InChI is InChI=1S/C11H19NO/c13-11-7-2-1-4-8-12-9-5-3-6-10-12/h13H,1,3-6,8-11H2. The molecule has 1 rings (SSSR count). The van der Waals surface area contributed by atoms with E-state index >= 15 is 0 Å². The van der Waals surface area contributed by atoms with Crippen molar-refractivity contribution in [2.45, 2.75) is 32.1 Å². The number of unbranched alkanes of at least 4 members (excludes halogenated alkanes) is 1. The fourth-order valence-corrected chi connectivity index (χ4v) is 1.72. The number of aliphatic hydroxyl groups is 1. The molecule has 0 unspecified atom stereocenters. The minimum absolute atomic E-state index is 0.00368. The van der Waals surface area contributed by atoms with Crippen LogP contribution >= 0.6 is 0 Å². The second kappa shape index (κ2) is 6.94. The summed E-state index contributed by atoms with van der Waals surface area (Å²) in [5.41, 5.74) is 0. The number of likely N-dealkylation sites (tertiary alicyclic amines) is 1. The summed E-state index contributed by atoms with van der Waals surface area (Å²) in [5, 5.41) is 8.43. The van der Waals surface area contributed by atoms with Crippen LogP contribution in [-0.2, 0) is 0 Å². The minimum atomic E-state index is 0.00368. The van der Waals surface area contributed by atoms with Gasteiger partial charge < -0.3 is 10.0 Å². The molecule has 0 saturated carbocycles. The zero-order chi connectivity index (χ0) is 9.36. The van der Waals surface area contributed by atoms with Crippen LogP contribution in [0.1, 0.15) is 32.1 Å². The fourth-order valence-electron chi connectivity index (χ4n) is 1.72. The maximum Gasteiger partial charge on any atom is 0.104 e. The van der Waals surface area contributed by atoms with Crippen molar-refractivity contribution in [1.82, 2.24) is 4.90 Å². The summed E-state index contributed by atoms with van der Waals surface area (Å²) in [5.74, 6) is 5.62. The molecule has 0 spiro atoms. The number of piperidine rings is 1. The number of rotatable bonds is 3. The first-order chi connectivity index (χ1) is 6.43. The number of nitrogens with zero attached hydrogens (tertiary/aromatic N) is 1. The predicted molar refractivity (Wildman–Crippen MR) is 54.4 cm³/mol. The van der Waals surface area contributed by atoms with Gasteiger partial charge in [0.05, 0.1) is 0 Å². The predicted octanol–water partition coefficient (Wildman–Crippen LogP) is 1.25. The highest BCUT2D eigenvalue weighted by Gasteiger charge is 2.08. The highest BCUT2D eigenvalue weighted by atomic mass is 16.2. The van der Waals surface area contributed by atoms with Crippen molar-refractivity contribution in [2.24, 2.45) is 0 Å². The van der Waals surface area contributed by atoms with Crippen LogP contribution in [0.4, 0.5) is 0 Å². The molecule has 1 N–H and O–H groups in total. The number of hydrogen-bond donors (Lipinski definition) is 1. The van der Waals surface area contributed by atoms with E-state index < -0.39 is 0 Å². The number of hydrogen-bond acceptors (Lipinski definition) is 2. The van der Waals surface area contributed by atoms with Gasteiger partial charge in [0.2, 0.25) is 0 Å². The van der Waals surface area contributed by atoms with Gasteiger partial charge in [-0.25, -0.2) is 0 Å². The Hall–Kier alpha value is -0.520. The molecule has 0 atom stereocenters. The van der Waals surface area contributed by atoms with Gasteiger partial charge >= 0.3 is 0 Å². The lowest BCUT2D eigenvalue weighted by molar-refractivity contribution is 0.227. The zero-order valence-corrected chi connectivity index (χ0v) is 8.26. The number of aliphatic hydroxyl groups excluding tert-OH is 1. The first-order valence-corrected chi connectivity index (χ1v) is 5.22. The summed E-state index contributed by atoms with van der Waals surface area (Å²) in [4.78, 5) is 2.52. The largest absolute Gasteiger partial charge is 0.384 e. The molecule has 0 aliphatic carbocycles. The Bertz CT molecular complexity index is 174. The van der Waals surface area contributed by atoms with E-state index in [2.05, 4.69) is 16.7 Å². The Kier molecular flexibility index (Phi) is 5.64. The second-order valence-corrected chi connectivity index (χ2v) is 3.52. The highest BCUT2D eigenvalue weighted by Crippen LogP contribution is 2.08. The Morgan fingerprint density at radius 2 is 1.85 bits per heavy atom. The minimum Gasteiger partial charge on any atom is -0.384 e. The molecule has 0 amide bonds. The van der Waals surface area contributed by atoms with Crippen LogP contribution in [0.25, 0.3) is 0 Å². The summed E-state index contributed by atoms with van der Waals surface area (Å²) in [7, 11) is 0. The first kappa shape index (κ1) is 10.6. The zero-order valence-electron chi connectivity index (χ0n) is 8.26. The monoisotopic (exact) mass is 181 g/mol. The van der Waals surface area contributed by atoms with Gasteiger partial charge in [0.25, 0.3) is 0 Å². The van der Waals surface area contributed by atoms with Crippen LogP contribution < -0.4 is 0 Å². The van der Waals surface area contributed by atoms with Crippen molar-refractivity contribution in [3.63, 3.8) is 0 Å². The van der Waals surface area contributed by atoms with Gasteiger partial charge in [-0.3, -0.25) is 0 Å². The Morgan fingerprint density at radius 3 is 2.54 bits per heavy atom. The lowest BCUT2D eigenvalue weighted by Gasteiger charge is -2.25. The van der Waals surface area contributed by atoms with E-state index in [1.165, 1.54) is 38.9 Å². The smallest absolute Gasteiger partial charge is 0.104 e. The lowest BCUT2D eigenvalue weighted by atomic mass is 10.1. The summed E-state index contributed by atoms with van der Waals surface area (Å²) >= 11 is 0. The van der Waals surface area contributed by atoms with E-state index in [1.807, 2.05) is 0 Å². The van der Waals surface area contributed by atoms with Gasteiger partial charge in [-0.2, -0.15) is 0 Å². The molecule has 1 saturated heterocycles. The fraction of sp³-hybridized carbons (Fsp3) is 0.818. The van der Waals surface area contributed by atoms with Crippen LogP contribution in [0.5, 0.6) is 0 Å². The topological polar surface area (TPSA) is 23.5 Å². The van der Waals surface area contributed by atoms with E-state index in [0.717, 1.165) is 12.8 Å². The van der Waals surface area contributed by atoms with E-state index in [1.54, 1.807) is 0 Å². The van der Waals surface area contributed by atoms with Gasteiger partial charge in [-0.1, -0.05) is 12.3 Å². The summed E-state index contributed by atoms with van der Waals surface area (Å²) in [6.07, 6.45) is 6.20. The Morgan fingerprint density at radius 1 is 1.08 bits per heavy atom. The van der Waals surface area contributed by atoms with Crippen molar-refractivity contribution >= 4 is 0 Å². The van der Waals surface area contributed by atoms with Gasteiger partial charge in [0.15, 0.2) is 0 Å². The molecule has 0 aromatic carbocycles.